The fourth-order valence-electron chi connectivity index (χ4n) is 3.02. The molecule has 24 heavy (non-hydrogen) atoms. The molecular formula is C19H23N3OS. The maximum Gasteiger partial charge on any atom is 0.319 e. The Bertz CT molecular complexity index is 677. The summed E-state index contributed by atoms with van der Waals surface area (Å²) in [5.41, 5.74) is 2.12. The summed E-state index contributed by atoms with van der Waals surface area (Å²) in [5, 5.41) is 5.95. The number of carbonyl (C=O) groups is 1. The van der Waals surface area contributed by atoms with E-state index in [2.05, 4.69) is 39.8 Å². The van der Waals surface area contributed by atoms with Crippen LogP contribution in [0.3, 0.4) is 0 Å². The fourth-order valence-corrected chi connectivity index (χ4v) is 3.58. The van der Waals surface area contributed by atoms with Crippen molar-refractivity contribution in [2.45, 2.75) is 11.3 Å². The maximum atomic E-state index is 12.1. The molecular weight excluding hydrogens is 318 g/mol. The molecule has 2 amide bonds. The standard InChI is InChI=1S/C19H23N3OS/c1-24-18-10-6-5-9-17(18)21-19(23)20-13-15-11-12-22(14-15)16-7-3-2-4-8-16/h2-10,15H,11-14H2,1H3,(H2,20,21,23). The van der Waals surface area contributed by atoms with Gasteiger partial charge in [0, 0.05) is 30.2 Å². The number of anilines is 2. The Balaban J connectivity index is 1.47. The minimum atomic E-state index is -0.130. The first-order chi connectivity index (χ1) is 11.8. The highest BCUT2D eigenvalue weighted by atomic mass is 32.2. The van der Waals surface area contributed by atoms with Gasteiger partial charge >= 0.3 is 6.03 Å². The quantitative estimate of drug-likeness (QED) is 0.806. The summed E-state index contributed by atoms with van der Waals surface area (Å²) in [6, 6.07) is 18.2. The number of rotatable bonds is 5. The summed E-state index contributed by atoms with van der Waals surface area (Å²) in [6.07, 6.45) is 3.12. The molecule has 1 heterocycles. The predicted octanol–water partition coefficient (Wildman–Crippen LogP) is 4.06. The first-order valence-corrected chi connectivity index (χ1v) is 9.46. The van der Waals surface area contributed by atoms with Crippen LogP contribution in [-0.4, -0.2) is 31.9 Å². The van der Waals surface area contributed by atoms with E-state index in [4.69, 9.17) is 0 Å². The Morgan fingerprint density at radius 2 is 1.92 bits per heavy atom. The molecule has 4 nitrogen and oxygen atoms in total. The molecule has 1 fully saturated rings. The normalized spacial score (nSPS) is 16.9. The Hall–Kier alpha value is -2.14. The zero-order valence-corrected chi connectivity index (χ0v) is 14.7. The highest BCUT2D eigenvalue weighted by Gasteiger charge is 2.23. The number of hydrogen-bond donors (Lipinski definition) is 2. The zero-order valence-electron chi connectivity index (χ0n) is 13.9. The van der Waals surface area contributed by atoms with Crippen LogP contribution in [0, 0.1) is 5.92 Å². The molecule has 3 rings (SSSR count). The maximum absolute atomic E-state index is 12.1. The molecule has 5 heteroatoms. The van der Waals surface area contributed by atoms with Gasteiger partial charge in [-0.05, 0) is 42.9 Å². The monoisotopic (exact) mass is 341 g/mol. The second-order valence-electron chi connectivity index (χ2n) is 5.97. The second kappa shape index (κ2) is 8.11. The Morgan fingerprint density at radius 3 is 2.71 bits per heavy atom. The lowest BCUT2D eigenvalue weighted by atomic mass is 10.1. The van der Waals surface area contributed by atoms with Gasteiger partial charge in [-0.15, -0.1) is 11.8 Å². The average Bonchev–Trinajstić information content (AvgIpc) is 3.10. The average molecular weight is 341 g/mol. The number of urea groups is 1. The molecule has 0 radical (unpaired) electrons. The first kappa shape index (κ1) is 16.7. The smallest absolute Gasteiger partial charge is 0.319 e. The third-order valence-electron chi connectivity index (χ3n) is 4.31. The molecule has 0 saturated carbocycles. The SMILES string of the molecule is CSc1ccccc1NC(=O)NCC1CCN(c2ccccc2)C1. The van der Waals surface area contributed by atoms with Crippen LogP contribution in [0.1, 0.15) is 6.42 Å². The number of hydrogen-bond acceptors (Lipinski definition) is 3. The lowest BCUT2D eigenvalue weighted by molar-refractivity contribution is 0.250. The van der Waals surface area contributed by atoms with Crippen LogP contribution in [0.25, 0.3) is 0 Å². The summed E-state index contributed by atoms with van der Waals surface area (Å²) >= 11 is 1.63. The minimum absolute atomic E-state index is 0.130. The Kier molecular flexibility index (Phi) is 5.64. The lowest BCUT2D eigenvalue weighted by Gasteiger charge is -2.19. The van der Waals surface area contributed by atoms with Gasteiger partial charge in [-0.2, -0.15) is 0 Å². The first-order valence-electron chi connectivity index (χ1n) is 8.24. The van der Waals surface area contributed by atoms with Crippen LogP contribution < -0.4 is 15.5 Å². The summed E-state index contributed by atoms with van der Waals surface area (Å²) in [7, 11) is 0. The molecule has 0 bridgehead atoms. The van der Waals surface area contributed by atoms with E-state index in [1.165, 1.54) is 5.69 Å². The molecule has 0 aromatic heterocycles. The van der Waals surface area contributed by atoms with Gasteiger partial charge < -0.3 is 15.5 Å². The Labute approximate surface area is 147 Å². The van der Waals surface area contributed by atoms with Crippen molar-refractivity contribution < 1.29 is 4.79 Å². The van der Waals surface area contributed by atoms with Crippen molar-refractivity contribution in [3.05, 3.63) is 54.6 Å². The van der Waals surface area contributed by atoms with Gasteiger partial charge in [0.25, 0.3) is 0 Å². The van der Waals surface area contributed by atoms with Crippen molar-refractivity contribution in [3.63, 3.8) is 0 Å². The highest BCUT2D eigenvalue weighted by Crippen LogP contribution is 2.25. The number of nitrogens with zero attached hydrogens (tertiary/aromatic N) is 1. The summed E-state index contributed by atoms with van der Waals surface area (Å²) < 4.78 is 0. The molecule has 2 N–H and O–H groups in total. The van der Waals surface area contributed by atoms with Crippen molar-refractivity contribution in [2.75, 3.05) is 36.1 Å². The van der Waals surface area contributed by atoms with E-state index < -0.39 is 0 Å². The van der Waals surface area contributed by atoms with Gasteiger partial charge in [0.05, 0.1) is 5.69 Å². The number of para-hydroxylation sites is 2. The van der Waals surface area contributed by atoms with Gasteiger partial charge in [0.1, 0.15) is 0 Å². The number of carbonyl (C=O) groups excluding carboxylic acids is 1. The fraction of sp³-hybridized carbons (Fsp3) is 0.316. The zero-order chi connectivity index (χ0) is 16.8. The molecule has 2 aromatic carbocycles. The largest absolute Gasteiger partial charge is 0.371 e. The summed E-state index contributed by atoms with van der Waals surface area (Å²) in [6.45, 7) is 2.75. The Morgan fingerprint density at radius 1 is 1.17 bits per heavy atom. The van der Waals surface area contributed by atoms with E-state index in [9.17, 15) is 4.79 Å². The third kappa shape index (κ3) is 4.23. The van der Waals surface area contributed by atoms with E-state index in [1.54, 1.807) is 11.8 Å². The number of amides is 2. The van der Waals surface area contributed by atoms with Crippen molar-refractivity contribution in [3.8, 4) is 0 Å². The van der Waals surface area contributed by atoms with Gasteiger partial charge in [-0.25, -0.2) is 4.79 Å². The van der Waals surface area contributed by atoms with E-state index >= 15 is 0 Å². The van der Waals surface area contributed by atoms with Crippen molar-refractivity contribution in [1.82, 2.24) is 5.32 Å². The molecule has 1 unspecified atom stereocenters. The summed E-state index contributed by atoms with van der Waals surface area (Å²) in [5.74, 6) is 0.492. The second-order valence-corrected chi connectivity index (χ2v) is 6.82. The summed E-state index contributed by atoms with van der Waals surface area (Å²) in [4.78, 5) is 15.6. The molecule has 126 valence electrons. The third-order valence-corrected chi connectivity index (χ3v) is 5.11. The van der Waals surface area contributed by atoms with E-state index in [1.807, 2.05) is 36.6 Å². The number of nitrogens with one attached hydrogen (secondary N) is 2. The minimum Gasteiger partial charge on any atom is -0.371 e. The van der Waals surface area contributed by atoms with Gasteiger partial charge in [0.2, 0.25) is 0 Å². The van der Waals surface area contributed by atoms with Crippen LogP contribution in [0.15, 0.2) is 59.5 Å². The topological polar surface area (TPSA) is 44.4 Å². The van der Waals surface area contributed by atoms with E-state index in [0.717, 1.165) is 30.1 Å². The van der Waals surface area contributed by atoms with Crippen LogP contribution >= 0.6 is 11.8 Å². The molecule has 1 atom stereocenters. The van der Waals surface area contributed by atoms with Crippen molar-refractivity contribution in [2.24, 2.45) is 5.92 Å². The number of benzene rings is 2. The van der Waals surface area contributed by atoms with Crippen molar-refractivity contribution in [1.29, 1.82) is 0 Å². The van der Waals surface area contributed by atoms with Crippen LogP contribution in [-0.2, 0) is 0 Å². The highest BCUT2D eigenvalue weighted by molar-refractivity contribution is 7.98. The molecule has 0 aliphatic carbocycles. The lowest BCUT2D eigenvalue weighted by Crippen LogP contribution is -2.34. The molecule has 1 aliphatic rings. The molecule has 2 aromatic rings. The molecule has 1 aliphatic heterocycles. The van der Waals surface area contributed by atoms with Gasteiger partial charge in [-0.3, -0.25) is 0 Å². The predicted molar refractivity (Wildman–Crippen MR) is 102 cm³/mol. The van der Waals surface area contributed by atoms with Crippen LogP contribution in [0.2, 0.25) is 0 Å². The van der Waals surface area contributed by atoms with Crippen molar-refractivity contribution >= 4 is 29.2 Å². The van der Waals surface area contributed by atoms with Gasteiger partial charge in [-0.1, -0.05) is 30.3 Å². The molecule has 1 saturated heterocycles. The molecule has 0 spiro atoms. The van der Waals surface area contributed by atoms with Gasteiger partial charge in [0.15, 0.2) is 0 Å². The van der Waals surface area contributed by atoms with Crippen LogP contribution in [0.5, 0.6) is 0 Å². The van der Waals surface area contributed by atoms with E-state index in [0.29, 0.717) is 12.5 Å². The number of thioether (sulfide) groups is 1. The van der Waals surface area contributed by atoms with E-state index in [-0.39, 0.29) is 6.03 Å². The van der Waals surface area contributed by atoms with Crippen LogP contribution in [0.4, 0.5) is 16.2 Å².